The topological polar surface area (TPSA) is 110 Å². The van der Waals surface area contributed by atoms with Gasteiger partial charge in [0.15, 0.2) is 11.5 Å². The zero-order valence-corrected chi connectivity index (χ0v) is 19.7. The van der Waals surface area contributed by atoms with E-state index in [9.17, 15) is 8.42 Å². The number of hydrogen-bond donors (Lipinski definition) is 1. The molecule has 34 heavy (non-hydrogen) atoms. The van der Waals surface area contributed by atoms with Crippen molar-refractivity contribution in [3.05, 3.63) is 54.5 Å². The molecule has 5 rings (SSSR count). The molecule has 1 N–H and O–H groups in total. The van der Waals surface area contributed by atoms with E-state index >= 15 is 0 Å². The van der Waals surface area contributed by atoms with E-state index < -0.39 is 10.0 Å². The number of rotatable bonds is 5. The van der Waals surface area contributed by atoms with Crippen molar-refractivity contribution >= 4 is 27.5 Å². The van der Waals surface area contributed by atoms with Gasteiger partial charge < -0.3 is 19.7 Å². The second-order valence-electron chi connectivity index (χ2n) is 8.16. The number of nitrogens with zero attached hydrogens (tertiary/aromatic N) is 5. The van der Waals surface area contributed by atoms with Crippen LogP contribution in [0.5, 0.6) is 11.5 Å². The van der Waals surface area contributed by atoms with Gasteiger partial charge in [-0.1, -0.05) is 0 Å². The van der Waals surface area contributed by atoms with E-state index in [-0.39, 0.29) is 4.90 Å². The van der Waals surface area contributed by atoms with Gasteiger partial charge >= 0.3 is 0 Å². The summed E-state index contributed by atoms with van der Waals surface area (Å²) in [5, 5.41) is 3.19. The standard InChI is InChI=1S/C23H26N6O4S/c1-17-5-6-24-21(13-17)27-22-15-23(26-16-25-22)28-7-9-29(10-8-28)34(30,31)18-3-4-19-20(14-18)33-12-2-11-32-19/h3-6,13-16H,2,7-12H2,1H3,(H,24,25,26,27). The van der Waals surface area contributed by atoms with Gasteiger partial charge in [-0.3, -0.25) is 0 Å². The summed E-state index contributed by atoms with van der Waals surface area (Å²) in [6.07, 6.45) is 4.00. The molecular formula is C23H26N6O4S. The predicted molar refractivity (Wildman–Crippen MR) is 127 cm³/mol. The van der Waals surface area contributed by atoms with Gasteiger partial charge in [0.05, 0.1) is 18.1 Å². The number of aryl methyl sites for hydroxylation is 1. The SMILES string of the molecule is Cc1ccnc(Nc2cc(N3CCN(S(=O)(=O)c4ccc5c(c4)OCCCO5)CC3)ncn2)c1. The highest BCUT2D eigenvalue weighted by Crippen LogP contribution is 2.33. The van der Waals surface area contributed by atoms with Crippen molar-refractivity contribution in [3.63, 3.8) is 0 Å². The number of benzene rings is 1. The lowest BCUT2D eigenvalue weighted by molar-refractivity contribution is 0.296. The average Bonchev–Trinajstić information content (AvgIpc) is 3.09. The average molecular weight is 483 g/mol. The van der Waals surface area contributed by atoms with Gasteiger partial charge in [-0.2, -0.15) is 4.31 Å². The molecule has 2 aliphatic heterocycles. The van der Waals surface area contributed by atoms with E-state index in [0.717, 1.165) is 17.8 Å². The first-order chi connectivity index (χ1) is 16.5. The lowest BCUT2D eigenvalue weighted by Crippen LogP contribution is -2.48. The van der Waals surface area contributed by atoms with Crippen molar-refractivity contribution in [2.24, 2.45) is 0 Å². The molecule has 0 aliphatic carbocycles. The minimum absolute atomic E-state index is 0.212. The van der Waals surface area contributed by atoms with Gasteiger partial charge in [-0.15, -0.1) is 0 Å². The molecule has 0 amide bonds. The van der Waals surface area contributed by atoms with Crippen molar-refractivity contribution < 1.29 is 17.9 Å². The number of fused-ring (bicyclic) bond motifs is 1. The van der Waals surface area contributed by atoms with Crippen molar-refractivity contribution in [2.45, 2.75) is 18.2 Å². The maximum absolute atomic E-state index is 13.3. The Balaban J connectivity index is 1.26. The highest BCUT2D eigenvalue weighted by atomic mass is 32.2. The van der Waals surface area contributed by atoms with Crippen LogP contribution in [0, 0.1) is 6.92 Å². The zero-order chi connectivity index (χ0) is 23.5. The second kappa shape index (κ2) is 9.43. The number of nitrogens with one attached hydrogen (secondary N) is 1. The Morgan fingerprint density at radius 2 is 1.65 bits per heavy atom. The number of hydrogen-bond acceptors (Lipinski definition) is 9. The molecule has 0 atom stereocenters. The molecule has 0 bridgehead atoms. The maximum Gasteiger partial charge on any atom is 0.243 e. The molecule has 0 unspecified atom stereocenters. The third-order valence-corrected chi connectivity index (χ3v) is 7.64. The molecule has 1 saturated heterocycles. The zero-order valence-electron chi connectivity index (χ0n) is 18.8. The van der Waals surface area contributed by atoms with Crippen LogP contribution in [-0.4, -0.2) is 67.1 Å². The molecule has 178 valence electrons. The Labute approximate surface area is 198 Å². The van der Waals surface area contributed by atoms with Crippen LogP contribution in [0.25, 0.3) is 0 Å². The van der Waals surface area contributed by atoms with E-state index in [2.05, 4.69) is 25.2 Å². The van der Waals surface area contributed by atoms with Crippen molar-refractivity contribution in [3.8, 4) is 11.5 Å². The lowest BCUT2D eigenvalue weighted by atomic mass is 10.3. The summed E-state index contributed by atoms with van der Waals surface area (Å²) in [5.74, 6) is 3.12. The van der Waals surface area contributed by atoms with Crippen LogP contribution in [-0.2, 0) is 10.0 Å². The third kappa shape index (κ3) is 4.75. The molecule has 2 aromatic heterocycles. The monoisotopic (exact) mass is 482 g/mol. The van der Waals surface area contributed by atoms with E-state index in [4.69, 9.17) is 9.47 Å². The summed E-state index contributed by atoms with van der Waals surface area (Å²) in [6.45, 7) is 4.80. The van der Waals surface area contributed by atoms with Crippen LogP contribution >= 0.6 is 0 Å². The molecule has 2 aliphatic rings. The van der Waals surface area contributed by atoms with Crippen molar-refractivity contribution in [1.29, 1.82) is 0 Å². The first kappa shape index (κ1) is 22.4. The van der Waals surface area contributed by atoms with Crippen molar-refractivity contribution in [1.82, 2.24) is 19.3 Å². The number of piperazine rings is 1. The molecule has 11 heteroatoms. The fourth-order valence-electron chi connectivity index (χ4n) is 3.93. The van der Waals surface area contributed by atoms with Crippen LogP contribution in [0.3, 0.4) is 0 Å². The summed E-state index contributed by atoms with van der Waals surface area (Å²) in [4.78, 5) is 15.2. The molecule has 0 radical (unpaired) electrons. The second-order valence-corrected chi connectivity index (χ2v) is 10.1. The summed E-state index contributed by atoms with van der Waals surface area (Å²) < 4.78 is 39.3. The van der Waals surface area contributed by atoms with Gasteiger partial charge in [-0.25, -0.2) is 23.4 Å². The molecule has 10 nitrogen and oxygen atoms in total. The van der Waals surface area contributed by atoms with E-state index in [1.807, 2.05) is 25.1 Å². The first-order valence-corrected chi connectivity index (χ1v) is 12.6. The predicted octanol–water partition coefficient (Wildman–Crippen LogP) is 2.60. The smallest absolute Gasteiger partial charge is 0.243 e. The minimum atomic E-state index is -3.65. The Hall–Kier alpha value is -3.44. The highest BCUT2D eigenvalue weighted by molar-refractivity contribution is 7.89. The van der Waals surface area contributed by atoms with Gasteiger partial charge in [0.2, 0.25) is 10.0 Å². The first-order valence-electron chi connectivity index (χ1n) is 11.2. The summed E-state index contributed by atoms with van der Waals surface area (Å²) in [6, 6.07) is 10.5. The maximum atomic E-state index is 13.3. The summed E-state index contributed by atoms with van der Waals surface area (Å²) >= 11 is 0. The normalized spacial score (nSPS) is 16.7. The van der Waals surface area contributed by atoms with Gasteiger partial charge in [0, 0.05) is 50.9 Å². The van der Waals surface area contributed by atoms with E-state index in [1.54, 1.807) is 24.4 Å². The summed E-state index contributed by atoms with van der Waals surface area (Å²) in [5.41, 5.74) is 1.10. The van der Waals surface area contributed by atoms with Crippen LogP contribution in [0.2, 0.25) is 0 Å². The molecule has 0 saturated carbocycles. The van der Waals surface area contributed by atoms with Gasteiger partial charge in [0.25, 0.3) is 0 Å². The Bertz CT molecular complexity index is 1280. The number of sulfonamides is 1. The summed E-state index contributed by atoms with van der Waals surface area (Å²) in [7, 11) is -3.65. The third-order valence-electron chi connectivity index (χ3n) is 5.74. The van der Waals surface area contributed by atoms with Crippen LogP contribution < -0.4 is 19.7 Å². The molecule has 0 spiro atoms. The fourth-order valence-corrected chi connectivity index (χ4v) is 5.37. The Kier molecular flexibility index (Phi) is 6.20. The van der Waals surface area contributed by atoms with Crippen molar-refractivity contribution in [2.75, 3.05) is 49.6 Å². The quantitative estimate of drug-likeness (QED) is 0.587. The minimum Gasteiger partial charge on any atom is -0.490 e. The van der Waals surface area contributed by atoms with Crippen LogP contribution in [0.15, 0.2) is 53.8 Å². The Morgan fingerprint density at radius 3 is 2.44 bits per heavy atom. The molecule has 1 aromatic carbocycles. The number of aromatic nitrogens is 3. The number of pyridine rings is 1. The Morgan fingerprint density at radius 1 is 0.882 bits per heavy atom. The molecule has 1 fully saturated rings. The fraction of sp³-hybridized carbons (Fsp3) is 0.348. The largest absolute Gasteiger partial charge is 0.490 e. The van der Waals surface area contributed by atoms with Crippen LogP contribution in [0.1, 0.15) is 12.0 Å². The van der Waals surface area contributed by atoms with Gasteiger partial charge in [0.1, 0.15) is 23.8 Å². The van der Waals surface area contributed by atoms with E-state index in [0.29, 0.717) is 62.5 Å². The number of ether oxygens (including phenoxy) is 2. The van der Waals surface area contributed by atoms with E-state index in [1.165, 1.54) is 10.6 Å². The molecule has 3 aromatic rings. The number of anilines is 3. The highest BCUT2D eigenvalue weighted by Gasteiger charge is 2.30. The lowest BCUT2D eigenvalue weighted by Gasteiger charge is -2.34. The van der Waals surface area contributed by atoms with Crippen LogP contribution in [0.4, 0.5) is 17.5 Å². The molecule has 4 heterocycles. The molecular weight excluding hydrogens is 456 g/mol. The van der Waals surface area contributed by atoms with Gasteiger partial charge in [-0.05, 0) is 36.8 Å².